The number of imide groups is 1. The van der Waals surface area contributed by atoms with Gasteiger partial charge in [0, 0.05) is 10.6 Å². The summed E-state index contributed by atoms with van der Waals surface area (Å²) in [7, 11) is 0. The Labute approximate surface area is 154 Å². The van der Waals surface area contributed by atoms with Crippen LogP contribution in [0.2, 0.25) is 5.02 Å². The summed E-state index contributed by atoms with van der Waals surface area (Å²) in [5, 5.41) is 5.80. The van der Waals surface area contributed by atoms with Crippen molar-refractivity contribution in [3.8, 4) is 11.3 Å². The van der Waals surface area contributed by atoms with Crippen molar-refractivity contribution in [2.24, 2.45) is 28.8 Å². The molecule has 0 spiro atoms. The molecule has 0 unspecified atom stereocenters. The highest BCUT2D eigenvalue weighted by Gasteiger charge is 2.59. The molecule has 5 rings (SSSR count). The quantitative estimate of drug-likeness (QED) is 0.472. The summed E-state index contributed by atoms with van der Waals surface area (Å²) in [5.74, 6) is 0.639. The third-order valence-corrected chi connectivity index (χ3v) is 5.76. The van der Waals surface area contributed by atoms with E-state index in [9.17, 15) is 9.59 Å². The van der Waals surface area contributed by atoms with E-state index in [1.165, 1.54) is 6.21 Å². The first-order valence-corrected chi connectivity index (χ1v) is 8.95. The average Bonchev–Trinajstić information content (AvgIpc) is 3.40. The zero-order valence-corrected chi connectivity index (χ0v) is 14.5. The summed E-state index contributed by atoms with van der Waals surface area (Å²) in [6.07, 6.45) is 6.46. The Morgan fingerprint density at radius 2 is 1.65 bits per heavy atom. The van der Waals surface area contributed by atoms with Crippen LogP contribution in [0.15, 0.2) is 58.1 Å². The Morgan fingerprint density at radius 3 is 2.31 bits per heavy atom. The van der Waals surface area contributed by atoms with E-state index in [1.807, 2.05) is 18.2 Å². The third-order valence-electron chi connectivity index (χ3n) is 5.50. The Kier molecular flexibility index (Phi) is 3.40. The minimum Gasteiger partial charge on any atom is -0.455 e. The predicted octanol–water partition coefficient (Wildman–Crippen LogP) is 3.74. The lowest BCUT2D eigenvalue weighted by Crippen LogP contribution is -2.28. The minimum absolute atomic E-state index is 0.182. The molecule has 2 heterocycles. The van der Waals surface area contributed by atoms with Crippen molar-refractivity contribution >= 4 is 29.6 Å². The molecule has 0 radical (unpaired) electrons. The van der Waals surface area contributed by atoms with E-state index < -0.39 is 0 Å². The number of amides is 2. The summed E-state index contributed by atoms with van der Waals surface area (Å²) in [6.45, 7) is 0. The lowest BCUT2D eigenvalue weighted by Gasteiger charge is -2.13. The van der Waals surface area contributed by atoms with E-state index in [1.54, 1.807) is 18.2 Å². The average molecular weight is 367 g/mol. The van der Waals surface area contributed by atoms with Gasteiger partial charge in [-0.1, -0.05) is 23.8 Å². The molecule has 2 amide bonds. The van der Waals surface area contributed by atoms with Gasteiger partial charge in [0.1, 0.15) is 11.5 Å². The van der Waals surface area contributed by atoms with E-state index in [0.717, 1.165) is 17.0 Å². The van der Waals surface area contributed by atoms with Crippen LogP contribution in [0.3, 0.4) is 0 Å². The van der Waals surface area contributed by atoms with Crippen molar-refractivity contribution in [1.29, 1.82) is 0 Å². The van der Waals surface area contributed by atoms with Gasteiger partial charge in [0.15, 0.2) is 0 Å². The van der Waals surface area contributed by atoms with E-state index >= 15 is 0 Å². The molecule has 1 aliphatic heterocycles. The lowest BCUT2D eigenvalue weighted by atomic mass is 9.85. The first-order chi connectivity index (χ1) is 12.6. The number of rotatable bonds is 3. The molecule has 2 bridgehead atoms. The lowest BCUT2D eigenvalue weighted by molar-refractivity contribution is -0.140. The maximum Gasteiger partial charge on any atom is 0.254 e. The number of hydrogen-bond acceptors (Lipinski definition) is 4. The molecule has 130 valence electrons. The van der Waals surface area contributed by atoms with Crippen molar-refractivity contribution in [3.63, 3.8) is 0 Å². The van der Waals surface area contributed by atoms with Crippen LogP contribution in [0.5, 0.6) is 0 Å². The molecule has 5 nitrogen and oxygen atoms in total. The molecular weight excluding hydrogens is 352 g/mol. The number of hydrogen-bond donors (Lipinski definition) is 0. The molecule has 2 fully saturated rings. The first kappa shape index (κ1) is 15.6. The van der Waals surface area contributed by atoms with Gasteiger partial charge in [-0.25, -0.2) is 0 Å². The predicted molar refractivity (Wildman–Crippen MR) is 96.3 cm³/mol. The molecular formula is C20H15ClN2O3. The smallest absolute Gasteiger partial charge is 0.254 e. The van der Waals surface area contributed by atoms with Gasteiger partial charge in [0.2, 0.25) is 0 Å². The van der Waals surface area contributed by atoms with Gasteiger partial charge in [0.25, 0.3) is 11.8 Å². The summed E-state index contributed by atoms with van der Waals surface area (Å²) in [5.41, 5.74) is 0.888. The zero-order chi connectivity index (χ0) is 17.8. The number of benzene rings is 1. The molecule has 1 aromatic heterocycles. The van der Waals surface area contributed by atoms with Crippen LogP contribution >= 0.6 is 11.6 Å². The fourth-order valence-electron chi connectivity index (χ4n) is 4.31. The van der Waals surface area contributed by atoms with E-state index in [4.69, 9.17) is 16.0 Å². The minimum atomic E-state index is -0.240. The van der Waals surface area contributed by atoms with Crippen LogP contribution in [0.4, 0.5) is 0 Å². The van der Waals surface area contributed by atoms with Crippen molar-refractivity contribution in [3.05, 3.63) is 59.3 Å². The number of carbonyl (C=O) groups is 2. The molecule has 1 aromatic carbocycles. The molecule has 1 saturated carbocycles. The molecule has 2 aromatic rings. The fraction of sp³-hybridized carbons (Fsp3) is 0.250. The van der Waals surface area contributed by atoms with Crippen molar-refractivity contribution in [2.45, 2.75) is 6.42 Å². The first-order valence-electron chi connectivity index (χ1n) is 8.58. The topological polar surface area (TPSA) is 62.9 Å². The Morgan fingerprint density at radius 1 is 1.00 bits per heavy atom. The Hall–Kier alpha value is -2.66. The normalized spacial score (nSPS) is 29.3. The fourth-order valence-corrected chi connectivity index (χ4v) is 4.43. The van der Waals surface area contributed by atoms with Gasteiger partial charge >= 0.3 is 0 Å². The second-order valence-corrected chi connectivity index (χ2v) is 7.38. The number of halogens is 1. The molecule has 6 heteroatoms. The van der Waals surface area contributed by atoms with Crippen molar-refractivity contribution < 1.29 is 14.0 Å². The van der Waals surface area contributed by atoms with Gasteiger partial charge < -0.3 is 4.42 Å². The van der Waals surface area contributed by atoms with Crippen LogP contribution in [0.1, 0.15) is 12.2 Å². The van der Waals surface area contributed by atoms with Crippen LogP contribution in [0.25, 0.3) is 11.3 Å². The van der Waals surface area contributed by atoms with Crippen LogP contribution in [-0.2, 0) is 9.59 Å². The second kappa shape index (κ2) is 5.68. The number of hydrazone groups is 1. The van der Waals surface area contributed by atoms with Gasteiger partial charge in [-0.15, -0.1) is 0 Å². The molecule has 4 atom stereocenters. The van der Waals surface area contributed by atoms with Gasteiger partial charge in [-0.3, -0.25) is 9.59 Å². The standard InChI is InChI=1S/C20H15ClN2O3/c21-14-5-3-11(4-6-14)16-8-7-15(26-16)10-22-23-19(24)17-12-1-2-13(9-12)18(17)20(23)25/h1-8,10,12-13,17-18H,9H2/b22-10-/t12-,13-,17-,18+/m0/s1. The number of nitrogens with zero attached hydrogens (tertiary/aromatic N) is 2. The summed E-state index contributed by atoms with van der Waals surface area (Å²) < 4.78 is 5.73. The molecule has 0 N–H and O–H groups in total. The number of carbonyl (C=O) groups excluding carboxylic acids is 2. The van der Waals surface area contributed by atoms with Gasteiger partial charge in [0.05, 0.1) is 18.1 Å². The van der Waals surface area contributed by atoms with E-state index in [2.05, 4.69) is 17.3 Å². The van der Waals surface area contributed by atoms with Crippen LogP contribution in [-0.4, -0.2) is 23.0 Å². The molecule has 1 saturated heterocycles. The summed E-state index contributed by atoms with van der Waals surface area (Å²) in [6, 6.07) is 10.9. The van der Waals surface area contributed by atoms with Crippen molar-refractivity contribution in [1.82, 2.24) is 5.01 Å². The van der Waals surface area contributed by atoms with E-state index in [0.29, 0.717) is 16.5 Å². The van der Waals surface area contributed by atoms with Gasteiger partial charge in [-0.05, 0) is 54.7 Å². The highest BCUT2D eigenvalue weighted by Crippen LogP contribution is 2.52. The van der Waals surface area contributed by atoms with Crippen LogP contribution < -0.4 is 0 Å². The maximum atomic E-state index is 12.6. The molecule has 3 aliphatic rings. The van der Waals surface area contributed by atoms with Gasteiger partial charge in [-0.2, -0.15) is 10.1 Å². The largest absolute Gasteiger partial charge is 0.455 e. The highest BCUT2D eigenvalue weighted by molar-refractivity contribution is 6.30. The van der Waals surface area contributed by atoms with Crippen LogP contribution in [0, 0.1) is 23.7 Å². The maximum absolute atomic E-state index is 12.6. The monoisotopic (exact) mass is 366 g/mol. The second-order valence-electron chi connectivity index (χ2n) is 6.94. The number of furan rings is 1. The molecule has 2 aliphatic carbocycles. The van der Waals surface area contributed by atoms with Crippen molar-refractivity contribution in [2.75, 3.05) is 0 Å². The zero-order valence-electron chi connectivity index (χ0n) is 13.7. The number of fused-ring (bicyclic) bond motifs is 5. The Balaban J connectivity index is 1.36. The third kappa shape index (κ3) is 2.27. The summed E-state index contributed by atoms with van der Waals surface area (Å²) in [4.78, 5) is 25.2. The van der Waals surface area contributed by atoms with E-state index in [-0.39, 0.29) is 35.5 Å². The highest BCUT2D eigenvalue weighted by atomic mass is 35.5. The Bertz CT molecular complexity index is 930. The number of allylic oxidation sites excluding steroid dienone is 2. The SMILES string of the molecule is O=C1[C@@H]2[C@H](C(=O)N1/N=C\c1ccc(-c3ccc(Cl)cc3)o1)[C@H]1C=C[C@H]2C1. The molecule has 26 heavy (non-hydrogen) atoms. The summed E-state index contributed by atoms with van der Waals surface area (Å²) >= 11 is 5.89.